The molecule has 8 N–H and O–H groups in total. The van der Waals surface area contributed by atoms with E-state index in [4.69, 9.17) is 11.5 Å². The molecule has 6 rings (SSSR count). The van der Waals surface area contributed by atoms with E-state index in [-0.39, 0.29) is 25.7 Å². The molecule has 66 heavy (non-hydrogen) atoms. The number of urea groups is 2. The summed E-state index contributed by atoms with van der Waals surface area (Å²) >= 11 is 2.33. The standard InChI is InChI=1S/C44H54N8O12S2/c1-43(2)31(39(59)60)51-35(57)29(37(51)65-43)49(33(55)27(47-41(45)63)23-17-11-9-12-18-23)25(53)21-15-7-5-6-8-16-22-26(54)50(34(56)28(48-42(46)64)24-19-13-10-14-20-24)30-36(58)52-32(40(61)62)44(3,4)66-38(30)52/h9-14,17-20,27-32,37-38H,5-8,15-16,21-22H2,1-4H3,(H,59,60)(H,61,62)(H3,45,47,63)(H3,46,48,64)/t27?,28?,29-,30-,31+,32+,37-,38-/m1/s1. The van der Waals surface area contributed by atoms with E-state index in [0.29, 0.717) is 36.8 Å². The van der Waals surface area contributed by atoms with Gasteiger partial charge in [-0.2, -0.15) is 0 Å². The van der Waals surface area contributed by atoms with Crippen molar-refractivity contribution in [1.82, 2.24) is 30.2 Å². The van der Waals surface area contributed by atoms with Gasteiger partial charge in [0.2, 0.25) is 11.8 Å². The van der Waals surface area contributed by atoms with E-state index in [2.05, 4.69) is 10.6 Å². The Morgan fingerprint density at radius 3 is 1.21 bits per heavy atom. The number of aliphatic carboxylic acids is 2. The Kier molecular flexibility index (Phi) is 14.7. The third kappa shape index (κ3) is 9.69. The maximum absolute atomic E-state index is 14.3. The van der Waals surface area contributed by atoms with E-state index in [1.807, 2.05) is 0 Å². The van der Waals surface area contributed by atoms with Gasteiger partial charge in [0.15, 0.2) is 0 Å². The van der Waals surface area contributed by atoms with Crippen LogP contribution in [0.5, 0.6) is 0 Å². The molecule has 2 aromatic rings. The van der Waals surface area contributed by atoms with E-state index in [1.165, 1.54) is 33.3 Å². The number of carboxylic acids is 2. The predicted octanol–water partition coefficient (Wildman–Crippen LogP) is 2.67. The zero-order valence-electron chi connectivity index (χ0n) is 36.8. The molecule has 2 aromatic carbocycles. The topological polar surface area (TPSA) is 300 Å². The Labute approximate surface area is 388 Å². The molecule has 2 unspecified atom stereocenters. The van der Waals surface area contributed by atoms with Crippen molar-refractivity contribution < 1.29 is 58.2 Å². The number of primary amides is 2. The minimum absolute atomic E-state index is 0.167. The molecule has 10 amide bonds. The summed E-state index contributed by atoms with van der Waals surface area (Å²) in [5.41, 5.74) is 11.5. The second kappa shape index (κ2) is 19.7. The summed E-state index contributed by atoms with van der Waals surface area (Å²) in [6.45, 7) is 6.67. The zero-order chi connectivity index (χ0) is 48.4. The molecule has 4 saturated heterocycles. The number of nitrogens with one attached hydrogen (secondary N) is 2. The molecule has 4 heterocycles. The van der Waals surface area contributed by atoms with Gasteiger partial charge in [-0.25, -0.2) is 19.2 Å². The summed E-state index contributed by atoms with van der Waals surface area (Å²) < 4.78 is -1.89. The number of fused-ring (bicyclic) bond motifs is 2. The van der Waals surface area contributed by atoms with Gasteiger partial charge >= 0.3 is 24.0 Å². The second-order valence-corrected chi connectivity index (χ2v) is 21.2. The summed E-state index contributed by atoms with van der Waals surface area (Å²) in [6, 6.07) is 6.13. The summed E-state index contributed by atoms with van der Waals surface area (Å²) in [6.07, 6.45) is 2.39. The largest absolute Gasteiger partial charge is 0.480 e. The van der Waals surface area contributed by atoms with Crippen LogP contribution in [0, 0.1) is 0 Å². The van der Waals surface area contributed by atoms with Crippen molar-refractivity contribution in [2.75, 3.05) is 0 Å². The number of carbonyl (C=O) groups is 10. The van der Waals surface area contributed by atoms with Gasteiger partial charge in [0.1, 0.15) is 47.0 Å². The minimum Gasteiger partial charge on any atom is -0.480 e. The predicted molar refractivity (Wildman–Crippen MR) is 239 cm³/mol. The molecule has 0 aromatic heterocycles. The maximum Gasteiger partial charge on any atom is 0.327 e. The first-order valence-corrected chi connectivity index (χ1v) is 23.3. The number of carbonyl (C=O) groups excluding carboxylic acids is 8. The second-order valence-electron chi connectivity index (χ2n) is 17.6. The lowest BCUT2D eigenvalue weighted by atomic mass is 9.94. The van der Waals surface area contributed by atoms with Crippen LogP contribution in [0.4, 0.5) is 9.59 Å². The lowest BCUT2D eigenvalue weighted by Gasteiger charge is -2.48. The molecule has 22 heteroatoms. The van der Waals surface area contributed by atoms with Crippen LogP contribution in [-0.4, -0.2) is 134 Å². The zero-order valence-corrected chi connectivity index (χ0v) is 38.4. The highest BCUT2D eigenvalue weighted by molar-refractivity contribution is 8.02. The molecule has 0 radical (unpaired) electrons. The molecule has 4 aliphatic heterocycles. The Morgan fingerprint density at radius 1 is 0.591 bits per heavy atom. The van der Waals surface area contributed by atoms with Crippen LogP contribution < -0.4 is 22.1 Å². The Morgan fingerprint density at radius 2 is 0.909 bits per heavy atom. The van der Waals surface area contributed by atoms with E-state index in [0.717, 1.165) is 9.80 Å². The van der Waals surface area contributed by atoms with Gasteiger partial charge in [-0.15, -0.1) is 23.5 Å². The van der Waals surface area contributed by atoms with Crippen LogP contribution in [-0.2, 0) is 38.4 Å². The number of thioether (sulfide) groups is 2. The number of imide groups is 2. The van der Waals surface area contributed by atoms with Crippen LogP contribution in [0.3, 0.4) is 0 Å². The molecule has 0 spiro atoms. The number of β-lactam (4-membered cyclic amide) rings is 2. The maximum atomic E-state index is 14.3. The van der Waals surface area contributed by atoms with Crippen LogP contribution >= 0.6 is 23.5 Å². The van der Waals surface area contributed by atoms with Gasteiger partial charge < -0.3 is 42.1 Å². The van der Waals surface area contributed by atoms with E-state index in [9.17, 15) is 58.2 Å². The first-order chi connectivity index (χ1) is 31.1. The number of hydrogen-bond donors (Lipinski definition) is 6. The summed E-state index contributed by atoms with van der Waals surface area (Å²) in [5.74, 6) is -7.04. The number of nitrogens with two attached hydrogens (primary N) is 2. The van der Waals surface area contributed by atoms with Crippen LogP contribution in [0.1, 0.15) is 102 Å². The number of amides is 10. The van der Waals surface area contributed by atoms with Crippen molar-refractivity contribution in [1.29, 1.82) is 0 Å². The fourth-order valence-corrected chi connectivity index (χ4v) is 12.6. The first-order valence-electron chi connectivity index (χ1n) is 21.5. The van der Waals surface area contributed by atoms with Crippen molar-refractivity contribution in [3.05, 3.63) is 71.8 Å². The molecule has 20 nitrogen and oxygen atoms in total. The molecule has 0 bridgehead atoms. The van der Waals surface area contributed by atoms with Crippen LogP contribution in [0.25, 0.3) is 0 Å². The highest BCUT2D eigenvalue weighted by Crippen LogP contribution is 2.54. The Bertz CT molecular complexity index is 2130. The normalized spacial score (nSPS) is 24.1. The van der Waals surface area contributed by atoms with E-state index >= 15 is 0 Å². The number of unbranched alkanes of at least 4 members (excludes halogenated alkanes) is 5. The summed E-state index contributed by atoms with van der Waals surface area (Å²) in [7, 11) is 0. The van der Waals surface area contributed by atoms with E-state index in [1.54, 1.807) is 88.4 Å². The smallest absolute Gasteiger partial charge is 0.327 e. The SMILES string of the molecule is CC1(C)S[C@@H]2[C@H](N(C(=O)CCCCCCCCC(=O)N(C(=O)C(NC(N)=O)c3ccccc3)[C@@H]3C(=O)N4[C@@H]3SC(C)(C)[C@@H]4C(=O)O)C(=O)C(NC(N)=O)c3ccccc3)C(=O)N2[C@H]1C(=O)O. The molecule has 354 valence electrons. The number of hydrogen-bond acceptors (Lipinski definition) is 12. The average molecular weight is 951 g/mol. The van der Waals surface area contributed by atoms with Gasteiger partial charge in [0, 0.05) is 22.3 Å². The number of rotatable bonds is 19. The monoisotopic (exact) mass is 950 g/mol. The summed E-state index contributed by atoms with van der Waals surface area (Å²) in [5, 5.41) is 23.0. The molecular weight excluding hydrogens is 897 g/mol. The van der Waals surface area contributed by atoms with Gasteiger partial charge in [-0.05, 0) is 51.7 Å². The Hall–Kier alpha value is -6.16. The van der Waals surface area contributed by atoms with Gasteiger partial charge in [0.05, 0.1) is 0 Å². The first kappa shape index (κ1) is 49.3. The van der Waals surface area contributed by atoms with E-state index < -0.39 is 116 Å². The number of nitrogens with zero attached hydrogens (tertiary/aromatic N) is 4. The van der Waals surface area contributed by atoms with Gasteiger partial charge in [-0.3, -0.25) is 38.6 Å². The average Bonchev–Trinajstić information content (AvgIpc) is 3.67. The molecule has 0 aliphatic carbocycles. The fourth-order valence-electron chi connectivity index (χ4n) is 9.22. The molecule has 4 fully saturated rings. The van der Waals surface area contributed by atoms with Gasteiger partial charge in [0.25, 0.3) is 23.6 Å². The lowest BCUT2D eigenvalue weighted by molar-refractivity contribution is -0.173. The highest BCUT2D eigenvalue weighted by Gasteiger charge is 2.68. The third-order valence-electron chi connectivity index (χ3n) is 12.2. The van der Waals surface area contributed by atoms with Crippen molar-refractivity contribution in [2.24, 2.45) is 11.5 Å². The number of carboxylic acid groups (broad SMARTS) is 2. The molecule has 4 aliphatic rings. The minimum atomic E-state index is -1.42. The van der Waals surface area contributed by atoms with Gasteiger partial charge in [-0.1, -0.05) is 86.3 Å². The van der Waals surface area contributed by atoms with Crippen molar-refractivity contribution in [3.8, 4) is 0 Å². The molecule has 0 saturated carbocycles. The molecular formula is C44H54N8O12S2. The fraction of sp³-hybridized carbons (Fsp3) is 0.500. The number of benzene rings is 2. The lowest BCUT2D eigenvalue weighted by Crippen LogP contribution is -2.72. The van der Waals surface area contributed by atoms with Crippen molar-refractivity contribution in [2.45, 2.75) is 136 Å². The van der Waals surface area contributed by atoms with Crippen molar-refractivity contribution in [3.63, 3.8) is 0 Å². The van der Waals surface area contributed by atoms with Crippen molar-refractivity contribution >= 4 is 83.0 Å². The molecule has 8 atom stereocenters. The quantitative estimate of drug-likeness (QED) is 0.0872. The van der Waals surface area contributed by atoms with Crippen LogP contribution in [0.2, 0.25) is 0 Å². The Balaban J connectivity index is 1.09. The summed E-state index contributed by atoms with van der Waals surface area (Å²) in [4.78, 5) is 137. The third-order valence-corrected chi connectivity index (χ3v) is 15.3. The highest BCUT2D eigenvalue weighted by atomic mass is 32.2. The van der Waals surface area contributed by atoms with Crippen LogP contribution in [0.15, 0.2) is 60.7 Å².